The average molecular weight is 400 g/mol. The second-order valence-electron chi connectivity index (χ2n) is 6.90. The van der Waals surface area contributed by atoms with Crippen molar-refractivity contribution < 1.29 is 23.8 Å². The molecule has 0 aliphatic carbocycles. The van der Waals surface area contributed by atoms with Crippen molar-refractivity contribution in [2.45, 2.75) is 6.92 Å². The molecule has 3 aromatic rings. The molecule has 150 valence electrons. The average Bonchev–Trinajstić information content (AvgIpc) is 3.08. The number of rotatable bonds is 5. The van der Waals surface area contributed by atoms with Crippen LogP contribution in [0.4, 0.5) is 0 Å². The zero-order valence-corrected chi connectivity index (χ0v) is 16.7. The van der Waals surface area contributed by atoms with E-state index in [1.54, 1.807) is 25.1 Å². The fraction of sp³-hybridized carbons (Fsp3) is 0.120. The maximum absolute atomic E-state index is 12.8. The number of methoxy groups -OCH3 is 1. The van der Waals surface area contributed by atoms with E-state index < -0.39 is 5.97 Å². The Bertz CT molecular complexity index is 1130. The van der Waals surface area contributed by atoms with E-state index in [1.165, 1.54) is 7.11 Å². The molecule has 0 saturated carbocycles. The van der Waals surface area contributed by atoms with Crippen molar-refractivity contribution in [3.05, 3.63) is 89.2 Å². The smallest absolute Gasteiger partial charge is 0.337 e. The number of fused-ring (bicyclic) bond motifs is 1. The van der Waals surface area contributed by atoms with Crippen LogP contribution in [0.15, 0.2) is 72.5 Å². The van der Waals surface area contributed by atoms with Crippen molar-refractivity contribution in [1.29, 1.82) is 0 Å². The maximum atomic E-state index is 12.8. The predicted molar refractivity (Wildman–Crippen MR) is 114 cm³/mol. The molecule has 0 aromatic heterocycles. The lowest BCUT2D eigenvalue weighted by molar-refractivity contribution is -0.138. The molecule has 0 spiro atoms. The summed E-state index contributed by atoms with van der Waals surface area (Å²) in [6.45, 7) is 1.60. The van der Waals surface area contributed by atoms with Crippen LogP contribution < -0.4 is 9.47 Å². The summed E-state index contributed by atoms with van der Waals surface area (Å²) in [5.41, 5.74) is 4.12. The highest BCUT2D eigenvalue weighted by molar-refractivity contribution is 6.15. The largest absolute Gasteiger partial charge is 0.452 e. The van der Waals surface area contributed by atoms with Crippen molar-refractivity contribution in [3.63, 3.8) is 0 Å². The fourth-order valence-corrected chi connectivity index (χ4v) is 3.30. The monoisotopic (exact) mass is 400 g/mol. The molecule has 0 fully saturated rings. The standard InChI is InChI=1S/C25H20O5/c1-16-21(29-23(26)15-28-2)13-12-20-24(27)22(30-25(16)20)14-17-8-10-19(11-9-17)18-6-4-3-5-7-18/h3-14H,15H2,1-2H3/b22-14-. The van der Waals surface area contributed by atoms with Gasteiger partial charge in [0.15, 0.2) is 5.76 Å². The third-order valence-corrected chi connectivity index (χ3v) is 4.84. The molecule has 0 N–H and O–H groups in total. The Balaban J connectivity index is 1.57. The Labute approximate surface area is 174 Å². The molecule has 1 aliphatic heterocycles. The van der Waals surface area contributed by atoms with Crippen molar-refractivity contribution in [2.75, 3.05) is 13.7 Å². The lowest BCUT2D eigenvalue weighted by Gasteiger charge is -2.09. The lowest BCUT2D eigenvalue weighted by atomic mass is 10.0. The molecule has 4 rings (SSSR count). The number of hydrogen-bond donors (Lipinski definition) is 0. The van der Waals surface area contributed by atoms with Crippen LogP contribution in [0.1, 0.15) is 21.5 Å². The summed E-state index contributed by atoms with van der Waals surface area (Å²) in [6, 6.07) is 21.2. The second kappa shape index (κ2) is 8.35. The van der Waals surface area contributed by atoms with Crippen molar-refractivity contribution >= 4 is 17.8 Å². The van der Waals surface area contributed by atoms with Crippen LogP contribution in [0.2, 0.25) is 0 Å². The van der Waals surface area contributed by atoms with Gasteiger partial charge in [0.2, 0.25) is 5.78 Å². The first-order valence-electron chi connectivity index (χ1n) is 9.50. The number of ether oxygens (including phenoxy) is 3. The molecule has 0 atom stereocenters. The first-order valence-corrected chi connectivity index (χ1v) is 9.50. The van der Waals surface area contributed by atoms with Gasteiger partial charge in [-0.2, -0.15) is 0 Å². The summed E-state index contributed by atoms with van der Waals surface area (Å²) in [5, 5.41) is 0. The normalized spacial score (nSPS) is 13.8. The van der Waals surface area contributed by atoms with Crippen molar-refractivity contribution in [3.8, 4) is 22.6 Å². The number of carbonyl (C=O) groups is 2. The number of esters is 1. The molecular formula is C25H20O5. The van der Waals surface area contributed by atoms with Gasteiger partial charge >= 0.3 is 5.97 Å². The van der Waals surface area contributed by atoms with E-state index in [9.17, 15) is 9.59 Å². The van der Waals surface area contributed by atoms with E-state index in [2.05, 4.69) is 0 Å². The molecule has 30 heavy (non-hydrogen) atoms. The van der Waals surface area contributed by atoms with E-state index in [4.69, 9.17) is 14.2 Å². The molecule has 1 aliphatic rings. The molecule has 5 heteroatoms. The van der Waals surface area contributed by atoms with E-state index in [0.717, 1.165) is 16.7 Å². The third kappa shape index (κ3) is 3.88. The van der Waals surface area contributed by atoms with Gasteiger partial charge in [-0.1, -0.05) is 54.6 Å². The third-order valence-electron chi connectivity index (χ3n) is 4.84. The molecule has 0 bridgehead atoms. The highest BCUT2D eigenvalue weighted by atomic mass is 16.6. The Morgan fingerprint density at radius 2 is 1.67 bits per heavy atom. The van der Waals surface area contributed by atoms with Crippen LogP contribution >= 0.6 is 0 Å². The van der Waals surface area contributed by atoms with E-state index >= 15 is 0 Å². The molecule has 3 aromatic carbocycles. The van der Waals surface area contributed by atoms with E-state index in [1.807, 2.05) is 54.6 Å². The molecule has 0 saturated heterocycles. The molecule has 1 heterocycles. The first kappa shape index (κ1) is 19.6. The van der Waals surface area contributed by atoms with Crippen LogP contribution in [0, 0.1) is 6.92 Å². The van der Waals surface area contributed by atoms with Crippen LogP contribution in [-0.4, -0.2) is 25.5 Å². The first-order chi connectivity index (χ1) is 14.6. The minimum Gasteiger partial charge on any atom is -0.452 e. The van der Waals surface area contributed by atoms with Gasteiger partial charge in [0.25, 0.3) is 0 Å². The van der Waals surface area contributed by atoms with E-state index in [-0.39, 0.29) is 18.1 Å². The Kier molecular flexibility index (Phi) is 5.46. The Hall–Kier alpha value is -3.70. The summed E-state index contributed by atoms with van der Waals surface area (Å²) in [6.07, 6.45) is 1.72. The van der Waals surface area contributed by atoms with Gasteiger partial charge < -0.3 is 14.2 Å². The number of hydrogen-bond acceptors (Lipinski definition) is 5. The summed E-state index contributed by atoms with van der Waals surface area (Å²) in [4.78, 5) is 24.5. The van der Waals surface area contributed by atoms with Crippen LogP contribution in [0.25, 0.3) is 17.2 Å². The minimum atomic E-state index is -0.515. The van der Waals surface area contributed by atoms with E-state index in [0.29, 0.717) is 22.6 Å². The lowest BCUT2D eigenvalue weighted by Crippen LogP contribution is -2.14. The number of Topliss-reactive ketones (excluding diaryl/α,β-unsaturated/α-hetero) is 1. The zero-order valence-electron chi connectivity index (χ0n) is 16.7. The van der Waals surface area contributed by atoms with Crippen LogP contribution in [-0.2, 0) is 9.53 Å². The van der Waals surface area contributed by atoms with Gasteiger partial charge in [0, 0.05) is 12.7 Å². The highest BCUT2D eigenvalue weighted by Gasteiger charge is 2.30. The molecule has 0 radical (unpaired) electrons. The van der Waals surface area contributed by atoms with Crippen molar-refractivity contribution in [1.82, 2.24) is 0 Å². The van der Waals surface area contributed by atoms with Crippen molar-refractivity contribution in [2.24, 2.45) is 0 Å². The summed E-state index contributed by atoms with van der Waals surface area (Å²) in [7, 11) is 1.42. The zero-order chi connectivity index (χ0) is 21.1. The van der Waals surface area contributed by atoms with Gasteiger partial charge in [-0.05, 0) is 41.8 Å². The summed E-state index contributed by atoms with van der Waals surface area (Å²) in [5.74, 6) is 0.280. The van der Waals surface area contributed by atoms with Gasteiger partial charge in [-0.15, -0.1) is 0 Å². The number of ketones is 1. The molecular weight excluding hydrogens is 380 g/mol. The highest BCUT2D eigenvalue weighted by Crippen LogP contribution is 2.39. The Morgan fingerprint density at radius 3 is 2.37 bits per heavy atom. The maximum Gasteiger partial charge on any atom is 0.337 e. The van der Waals surface area contributed by atoms with Gasteiger partial charge in [-0.3, -0.25) is 4.79 Å². The second-order valence-corrected chi connectivity index (χ2v) is 6.90. The fourth-order valence-electron chi connectivity index (χ4n) is 3.30. The molecule has 5 nitrogen and oxygen atoms in total. The number of benzene rings is 3. The number of allylic oxidation sites excluding steroid dienone is 1. The SMILES string of the molecule is COCC(=O)Oc1ccc2c(c1C)O/C(=C\c1ccc(-c3ccccc3)cc1)C2=O. The number of carbonyl (C=O) groups excluding carboxylic acids is 2. The summed E-state index contributed by atoms with van der Waals surface area (Å²) >= 11 is 0. The van der Waals surface area contributed by atoms with Crippen LogP contribution in [0.3, 0.4) is 0 Å². The van der Waals surface area contributed by atoms with Gasteiger partial charge in [0.1, 0.15) is 18.1 Å². The summed E-state index contributed by atoms with van der Waals surface area (Å²) < 4.78 is 15.9. The topological polar surface area (TPSA) is 61.8 Å². The quantitative estimate of drug-likeness (QED) is 0.349. The van der Waals surface area contributed by atoms with Gasteiger partial charge in [-0.25, -0.2) is 4.79 Å². The Morgan fingerprint density at radius 1 is 0.967 bits per heavy atom. The molecule has 0 amide bonds. The molecule has 0 unspecified atom stereocenters. The van der Waals surface area contributed by atoms with Gasteiger partial charge in [0.05, 0.1) is 5.56 Å². The van der Waals surface area contributed by atoms with Crippen LogP contribution in [0.5, 0.6) is 11.5 Å². The minimum absolute atomic E-state index is 0.152. The predicted octanol–water partition coefficient (Wildman–Crippen LogP) is 4.83.